The molecule has 0 spiro atoms. The lowest BCUT2D eigenvalue weighted by Crippen LogP contribution is -2.13. The van der Waals surface area contributed by atoms with E-state index in [1.807, 2.05) is 0 Å². The third kappa shape index (κ3) is 18.0. The number of nitrogens with one attached hydrogen (secondary N) is 1. The number of hydrogen-bond acceptors (Lipinski definition) is 9. The lowest BCUT2D eigenvalue weighted by molar-refractivity contribution is -0.139. The lowest BCUT2D eigenvalue weighted by Gasteiger charge is -2.19. The third-order valence-corrected chi connectivity index (χ3v) is 10.6. The summed E-state index contributed by atoms with van der Waals surface area (Å²) in [6.45, 7) is 15.8. The minimum atomic E-state index is -0.405. The van der Waals surface area contributed by atoms with E-state index in [1.54, 1.807) is 13.8 Å². The number of esters is 3. The van der Waals surface area contributed by atoms with E-state index in [-0.39, 0.29) is 25.1 Å². The molecule has 1 N–H and O–H groups in total. The van der Waals surface area contributed by atoms with Crippen molar-refractivity contribution in [3.63, 3.8) is 0 Å². The Morgan fingerprint density at radius 3 is 1.87 bits per heavy atom. The minimum Gasteiger partial charge on any atom is -0.494 e. The highest BCUT2D eigenvalue weighted by Gasteiger charge is 2.16. The topological polar surface area (TPSA) is 126 Å². The molecule has 0 atom stereocenters. The number of benzene rings is 3. The molecule has 328 valence electrons. The van der Waals surface area contributed by atoms with Crippen molar-refractivity contribution in [1.82, 2.24) is 9.97 Å². The van der Waals surface area contributed by atoms with Crippen LogP contribution in [-0.2, 0) is 47.8 Å². The molecule has 0 radical (unpaired) electrons. The standard InChI is InChI=1S/C51H66N2O8/c1-6-42-35-46(24-25-47(42)45-22-20-43(21-23-45)44(27-33-60-49(54)38(2)3)28-34-61-50(55)39(4)5)58-30-13-8-7-11-15-40-16-18-41(19-17-40)26-32-57-29-12-9-10-14-31-59-51(56)48-36-52-37-53-48/h16-25,35-37,44H,2,4,6-15,26-34H2,1,3,5H3,(H,52,53). The Balaban J connectivity index is 1.09. The number of H-pyrrole nitrogens is 1. The highest BCUT2D eigenvalue weighted by atomic mass is 16.5. The molecule has 61 heavy (non-hydrogen) atoms. The fourth-order valence-corrected chi connectivity index (χ4v) is 6.89. The first kappa shape index (κ1) is 48.2. The average molecular weight is 835 g/mol. The Hall–Kier alpha value is -5.48. The average Bonchev–Trinajstić information content (AvgIpc) is 3.82. The monoisotopic (exact) mass is 834 g/mol. The smallest absolute Gasteiger partial charge is 0.358 e. The van der Waals surface area contributed by atoms with Crippen molar-refractivity contribution in [3.05, 3.63) is 132 Å². The van der Waals surface area contributed by atoms with Crippen LogP contribution < -0.4 is 4.74 Å². The molecule has 4 aromatic rings. The van der Waals surface area contributed by atoms with Crippen molar-refractivity contribution in [2.45, 2.75) is 110 Å². The number of rotatable bonds is 30. The molecule has 1 heterocycles. The summed E-state index contributed by atoms with van der Waals surface area (Å²) in [5, 5.41) is 0. The van der Waals surface area contributed by atoms with Crippen LogP contribution in [0.5, 0.6) is 5.75 Å². The maximum absolute atomic E-state index is 11.9. The van der Waals surface area contributed by atoms with Crippen LogP contribution in [0.25, 0.3) is 11.1 Å². The summed E-state index contributed by atoms with van der Waals surface area (Å²) in [4.78, 5) is 42.3. The number of aromatic amines is 1. The fraction of sp³-hybridized carbons (Fsp3) is 0.451. The van der Waals surface area contributed by atoms with Crippen LogP contribution in [-0.4, -0.2) is 67.5 Å². The van der Waals surface area contributed by atoms with Gasteiger partial charge in [0.25, 0.3) is 0 Å². The maximum atomic E-state index is 11.9. The van der Waals surface area contributed by atoms with Gasteiger partial charge in [-0.3, -0.25) is 0 Å². The number of aryl methyl sites for hydroxylation is 2. The largest absolute Gasteiger partial charge is 0.494 e. The molecule has 0 saturated carbocycles. The fourth-order valence-electron chi connectivity index (χ4n) is 6.89. The molecule has 10 nitrogen and oxygen atoms in total. The molecule has 0 aliphatic heterocycles. The molecule has 1 aromatic heterocycles. The molecule has 0 unspecified atom stereocenters. The number of aromatic nitrogens is 2. The van der Waals surface area contributed by atoms with Gasteiger partial charge in [-0.2, -0.15) is 0 Å². The normalized spacial score (nSPS) is 11.0. The van der Waals surface area contributed by atoms with Crippen LogP contribution >= 0.6 is 0 Å². The molecule has 0 aliphatic carbocycles. The predicted octanol–water partition coefficient (Wildman–Crippen LogP) is 10.9. The Morgan fingerprint density at radius 1 is 0.656 bits per heavy atom. The molecule has 10 heteroatoms. The molecule has 0 amide bonds. The third-order valence-electron chi connectivity index (χ3n) is 10.6. The number of ether oxygens (including phenoxy) is 5. The van der Waals surface area contributed by atoms with Gasteiger partial charge < -0.3 is 28.7 Å². The maximum Gasteiger partial charge on any atom is 0.358 e. The van der Waals surface area contributed by atoms with Crippen molar-refractivity contribution in [2.75, 3.05) is 39.6 Å². The van der Waals surface area contributed by atoms with Gasteiger partial charge in [0, 0.05) is 23.9 Å². The molecular formula is C51H66N2O8. The van der Waals surface area contributed by atoms with Crippen molar-refractivity contribution >= 4 is 17.9 Å². The lowest BCUT2D eigenvalue weighted by atomic mass is 9.90. The number of imidazole rings is 1. The number of nitrogens with zero attached hydrogens (tertiary/aromatic N) is 1. The highest BCUT2D eigenvalue weighted by Crippen LogP contribution is 2.31. The van der Waals surface area contributed by atoms with Crippen LogP contribution in [0.15, 0.2) is 104 Å². The van der Waals surface area contributed by atoms with E-state index in [1.165, 1.54) is 41.2 Å². The molecular weight excluding hydrogens is 769 g/mol. The second-order valence-corrected chi connectivity index (χ2v) is 15.6. The second-order valence-electron chi connectivity index (χ2n) is 15.6. The van der Waals surface area contributed by atoms with Gasteiger partial charge in [-0.15, -0.1) is 0 Å². The quantitative estimate of drug-likeness (QED) is 0.0236. The van der Waals surface area contributed by atoms with Crippen LogP contribution in [0.1, 0.15) is 124 Å². The molecule has 4 rings (SSSR count). The Kier molecular flexibility index (Phi) is 21.6. The molecule has 3 aromatic carbocycles. The number of unbranched alkanes of at least 4 members (excludes halogenated alkanes) is 6. The number of carbonyl (C=O) groups excluding carboxylic acids is 3. The van der Waals surface area contributed by atoms with Gasteiger partial charge in [0.05, 0.1) is 39.4 Å². The van der Waals surface area contributed by atoms with Gasteiger partial charge in [-0.1, -0.05) is 93.9 Å². The van der Waals surface area contributed by atoms with Crippen LogP contribution in [0.2, 0.25) is 0 Å². The first-order valence-electron chi connectivity index (χ1n) is 22.0. The summed E-state index contributed by atoms with van der Waals surface area (Å²) >= 11 is 0. The van der Waals surface area contributed by atoms with Crippen LogP contribution in [0.4, 0.5) is 0 Å². The van der Waals surface area contributed by atoms with Crippen molar-refractivity contribution in [2.24, 2.45) is 0 Å². The van der Waals surface area contributed by atoms with Crippen LogP contribution in [0, 0.1) is 0 Å². The van der Waals surface area contributed by atoms with Crippen molar-refractivity contribution in [3.8, 4) is 16.9 Å². The van der Waals surface area contributed by atoms with E-state index in [2.05, 4.69) is 96.8 Å². The molecule has 0 aliphatic rings. The van der Waals surface area contributed by atoms with Crippen molar-refractivity contribution in [1.29, 1.82) is 0 Å². The van der Waals surface area contributed by atoms with E-state index in [0.29, 0.717) is 42.9 Å². The highest BCUT2D eigenvalue weighted by molar-refractivity contribution is 5.87. The summed E-state index contributed by atoms with van der Waals surface area (Å²) in [7, 11) is 0. The first-order chi connectivity index (χ1) is 29.6. The number of hydrogen-bond donors (Lipinski definition) is 1. The van der Waals surface area contributed by atoms with Gasteiger partial charge in [-0.25, -0.2) is 19.4 Å². The van der Waals surface area contributed by atoms with E-state index in [4.69, 9.17) is 23.7 Å². The zero-order chi connectivity index (χ0) is 43.7. The Labute approximate surface area is 363 Å². The molecule has 0 bridgehead atoms. The zero-order valence-electron chi connectivity index (χ0n) is 36.6. The summed E-state index contributed by atoms with van der Waals surface area (Å²) in [5.74, 6) is -0.255. The zero-order valence-corrected chi connectivity index (χ0v) is 36.6. The SMILES string of the molecule is C=C(C)C(=O)OCCC(CCOC(=O)C(=C)C)c1ccc(-c2ccc(OCCCCCCc3ccc(CCOCCCCCCOC(=O)c4c[nH]cn4)cc3)cc2CC)cc1. The van der Waals surface area contributed by atoms with Gasteiger partial charge in [0.1, 0.15) is 5.75 Å². The summed E-state index contributed by atoms with van der Waals surface area (Å²) in [6.07, 6.45) is 15.5. The first-order valence-corrected chi connectivity index (χ1v) is 22.0. The van der Waals surface area contributed by atoms with E-state index in [0.717, 1.165) is 94.3 Å². The van der Waals surface area contributed by atoms with E-state index >= 15 is 0 Å². The van der Waals surface area contributed by atoms with Crippen molar-refractivity contribution < 1.29 is 38.1 Å². The van der Waals surface area contributed by atoms with Crippen LogP contribution in [0.3, 0.4) is 0 Å². The Morgan fingerprint density at radius 2 is 1.26 bits per heavy atom. The number of carbonyl (C=O) groups is 3. The van der Waals surface area contributed by atoms with Gasteiger partial charge in [0.2, 0.25) is 0 Å². The summed E-state index contributed by atoms with van der Waals surface area (Å²) < 4.78 is 28.0. The van der Waals surface area contributed by atoms with E-state index in [9.17, 15) is 14.4 Å². The summed E-state index contributed by atoms with van der Waals surface area (Å²) in [5.41, 5.74) is 8.34. The predicted molar refractivity (Wildman–Crippen MR) is 241 cm³/mol. The Bertz CT molecular complexity index is 1900. The summed E-state index contributed by atoms with van der Waals surface area (Å²) in [6, 6.07) is 23.8. The molecule has 0 fully saturated rings. The second kappa shape index (κ2) is 27.4. The van der Waals surface area contributed by atoms with Gasteiger partial charge >= 0.3 is 17.9 Å². The molecule has 0 saturated heterocycles. The van der Waals surface area contributed by atoms with Gasteiger partial charge in [0.15, 0.2) is 5.69 Å². The van der Waals surface area contributed by atoms with Gasteiger partial charge in [-0.05, 0) is 129 Å². The minimum absolute atomic E-state index is 0.0375. The van der Waals surface area contributed by atoms with E-state index < -0.39 is 11.9 Å².